The summed E-state index contributed by atoms with van der Waals surface area (Å²) in [6.45, 7) is 0.172. The SMILES string of the molecule is O=C1NC(=O)C(=Cc2cc(Cl)cc(Cl)c2OCc2ccc(Cl)cc2)C(=O)N1. The predicted molar refractivity (Wildman–Crippen MR) is 102 cm³/mol. The summed E-state index contributed by atoms with van der Waals surface area (Å²) in [5.74, 6) is -1.42. The van der Waals surface area contributed by atoms with Gasteiger partial charge in [-0.2, -0.15) is 0 Å². The minimum absolute atomic E-state index is 0.172. The second kappa shape index (κ2) is 8.00. The maximum absolute atomic E-state index is 11.9. The standard InChI is InChI=1S/C18H11Cl3N2O4/c19-11-3-1-9(2-4-11)8-27-15-10(5-12(20)7-14(15)21)6-13-16(24)22-18(26)23-17(13)25/h1-7H,8H2,(H2,22,23,24,25,26). The van der Waals surface area contributed by atoms with E-state index in [2.05, 4.69) is 0 Å². The molecule has 0 spiro atoms. The summed E-state index contributed by atoms with van der Waals surface area (Å²) < 4.78 is 5.77. The highest BCUT2D eigenvalue weighted by molar-refractivity contribution is 6.36. The van der Waals surface area contributed by atoms with Crippen molar-refractivity contribution < 1.29 is 19.1 Å². The number of ether oxygens (including phenoxy) is 1. The Morgan fingerprint density at radius 1 is 0.889 bits per heavy atom. The van der Waals surface area contributed by atoms with Gasteiger partial charge in [0.25, 0.3) is 11.8 Å². The van der Waals surface area contributed by atoms with Gasteiger partial charge in [0, 0.05) is 15.6 Å². The topological polar surface area (TPSA) is 84.5 Å². The number of amides is 4. The third kappa shape index (κ3) is 4.60. The highest BCUT2D eigenvalue weighted by atomic mass is 35.5. The predicted octanol–water partition coefficient (Wildman–Crippen LogP) is 3.98. The van der Waals surface area contributed by atoms with Gasteiger partial charge in [-0.05, 0) is 35.9 Å². The Morgan fingerprint density at radius 2 is 1.52 bits per heavy atom. The van der Waals surface area contributed by atoms with Gasteiger partial charge in [-0.3, -0.25) is 20.2 Å². The Morgan fingerprint density at radius 3 is 2.15 bits per heavy atom. The number of nitrogens with one attached hydrogen (secondary N) is 2. The number of rotatable bonds is 4. The number of hydrogen-bond donors (Lipinski definition) is 2. The first-order valence-corrected chi connectivity index (χ1v) is 8.71. The van der Waals surface area contributed by atoms with Crippen LogP contribution in [0.5, 0.6) is 5.75 Å². The Labute approximate surface area is 169 Å². The van der Waals surface area contributed by atoms with Gasteiger partial charge in [-0.25, -0.2) is 4.79 Å². The summed E-state index contributed by atoms with van der Waals surface area (Å²) in [5.41, 5.74) is 0.878. The monoisotopic (exact) mass is 424 g/mol. The van der Waals surface area contributed by atoms with Crippen LogP contribution in [0, 0.1) is 0 Å². The average molecular weight is 426 g/mol. The molecule has 0 unspecified atom stereocenters. The highest BCUT2D eigenvalue weighted by Crippen LogP contribution is 2.34. The summed E-state index contributed by atoms with van der Waals surface area (Å²) in [7, 11) is 0. The molecular weight excluding hydrogens is 415 g/mol. The zero-order valence-corrected chi connectivity index (χ0v) is 15.8. The number of barbiturate groups is 1. The Hall–Kier alpha value is -2.54. The van der Waals surface area contributed by atoms with Crippen LogP contribution in [0.15, 0.2) is 42.0 Å². The number of imide groups is 2. The number of carbonyl (C=O) groups excluding carboxylic acids is 3. The maximum Gasteiger partial charge on any atom is 0.328 e. The van der Waals surface area contributed by atoms with E-state index in [1.54, 1.807) is 24.3 Å². The summed E-state index contributed by atoms with van der Waals surface area (Å²) in [5, 5.41) is 5.08. The minimum Gasteiger partial charge on any atom is -0.487 e. The molecule has 0 radical (unpaired) electrons. The van der Waals surface area contributed by atoms with Crippen LogP contribution in [-0.2, 0) is 16.2 Å². The molecule has 0 bridgehead atoms. The molecule has 1 saturated heterocycles. The molecule has 9 heteroatoms. The molecule has 1 heterocycles. The van der Waals surface area contributed by atoms with Crippen molar-refractivity contribution in [2.45, 2.75) is 6.61 Å². The van der Waals surface area contributed by atoms with Crippen molar-refractivity contribution in [2.75, 3.05) is 0 Å². The molecule has 4 amide bonds. The third-order valence-corrected chi connectivity index (χ3v) is 4.33. The van der Waals surface area contributed by atoms with Crippen LogP contribution in [0.4, 0.5) is 4.79 Å². The van der Waals surface area contributed by atoms with Crippen molar-refractivity contribution in [3.63, 3.8) is 0 Å². The van der Waals surface area contributed by atoms with E-state index in [4.69, 9.17) is 39.5 Å². The zero-order valence-electron chi connectivity index (χ0n) is 13.5. The van der Waals surface area contributed by atoms with E-state index < -0.39 is 17.8 Å². The molecule has 1 aliphatic heterocycles. The van der Waals surface area contributed by atoms with Crippen LogP contribution in [0.25, 0.3) is 6.08 Å². The molecule has 3 rings (SSSR count). The molecule has 0 atom stereocenters. The number of halogens is 3. The molecule has 27 heavy (non-hydrogen) atoms. The average Bonchev–Trinajstić information content (AvgIpc) is 2.58. The number of urea groups is 1. The molecule has 0 aliphatic carbocycles. The maximum atomic E-state index is 11.9. The molecule has 0 saturated carbocycles. The minimum atomic E-state index is -0.884. The van der Waals surface area contributed by atoms with Gasteiger partial charge in [0.2, 0.25) is 0 Å². The molecule has 138 valence electrons. The summed E-state index contributed by atoms with van der Waals surface area (Å²) in [6, 6.07) is 9.11. The van der Waals surface area contributed by atoms with Crippen molar-refractivity contribution in [1.29, 1.82) is 0 Å². The zero-order chi connectivity index (χ0) is 19.6. The largest absolute Gasteiger partial charge is 0.487 e. The fourth-order valence-corrected chi connectivity index (χ4v) is 3.03. The van der Waals surface area contributed by atoms with Crippen molar-refractivity contribution in [2.24, 2.45) is 0 Å². The second-order valence-corrected chi connectivity index (χ2v) is 6.80. The summed E-state index contributed by atoms with van der Waals surface area (Å²) in [6.07, 6.45) is 1.26. The fourth-order valence-electron chi connectivity index (χ4n) is 2.34. The lowest BCUT2D eigenvalue weighted by Gasteiger charge is -2.16. The highest BCUT2D eigenvalue weighted by Gasteiger charge is 2.28. The number of hydrogen-bond acceptors (Lipinski definition) is 4. The second-order valence-electron chi connectivity index (χ2n) is 5.52. The molecule has 1 fully saturated rings. The first-order valence-electron chi connectivity index (χ1n) is 7.58. The number of carbonyl (C=O) groups is 3. The van der Waals surface area contributed by atoms with Crippen LogP contribution >= 0.6 is 34.8 Å². The first kappa shape index (κ1) is 19.2. The van der Waals surface area contributed by atoms with Gasteiger partial charge in [0.1, 0.15) is 17.9 Å². The lowest BCUT2D eigenvalue weighted by atomic mass is 10.1. The molecule has 2 aromatic carbocycles. The van der Waals surface area contributed by atoms with Crippen LogP contribution in [0.2, 0.25) is 15.1 Å². The molecule has 2 N–H and O–H groups in total. The molecule has 2 aromatic rings. The molecule has 0 aromatic heterocycles. The first-order chi connectivity index (χ1) is 12.8. The van der Waals surface area contributed by atoms with Crippen molar-refractivity contribution >= 4 is 58.7 Å². The molecule has 6 nitrogen and oxygen atoms in total. The van der Waals surface area contributed by atoms with Crippen LogP contribution < -0.4 is 15.4 Å². The van der Waals surface area contributed by atoms with Crippen molar-refractivity contribution in [3.8, 4) is 5.75 Å². The van der Waals surface area contributed by atoms with Gasteiger partial charge in [0.15, 0.2) is 0 Å². The lowest BCUT2D eigenvalue weighted by Crippen LogP contribution is -2.51. The van der Waals surface area contributed by atoms with Crippen molar-refractivity contribution in [1.82, 2.24) is 10.6 Å². The van der Waals surface area contributed by atoms with E-state index in [9.17, 15) is 14.4 Å². The number of benzene rings is 2. The van der Waals surface area contributed by atoms with Gasteiger partial charge in [-0.1, -0.05) is 46.9 Å². The van der Waals surface area contributed by atoms with Gasteiger partial charge in [-0.15, -0.1) is 0 Å². The van der Waals surface area contributed by atoms with E-state index in [0.717, 1.165) is 5.56 Å². The molecule has 1 aliphatic rings. The van der Waals surface area contributed by atoms with E-state index >= 15 is 0 Å². The van der Waals surface area contributed by atoms with E-state index in [1.807, 2.05) is 10.6 Å². The van der Waals surface area contributed by atoms with Crippen molar-refractivity contribution in [3.05, 3.63) is 68.2 Å². The van der Waals surface area contributed by atoms with Gasteiger partial charge < -0.3 is 4.74 Å². The van der Waals surface area contributed by atoms with Gasteiger partial charge in [0.05, 0.1) is 5.02 Å². The van der Waals surface area contributed by atoms with Gasteiger partial charge >= 0.3 is 6.03 Å². The van der Waals surface area contributed by atoms with E-state index in [1.165, 1.54) is 18.2 Å². The third-order valence-electron chi connectivity index (χ3n) is 3.58. The lowest BCUT2D eigenvalue weighted by molar-refractivity contribution is -0.123. The fraction of sp³-hybridized carbons (Fsp3) is 0.0556. The van der Waals surface area contributed by atoms with E-state index in [0.29, 0.717) is 15.6 Å². The molecular formula is C18H11Cl3N2O4. The normalized spacial score (nSPS) is 13.9. The van der Waals surface area contributed by atoms with Crippen LogP contribution in [0.1, 0.15) is 11.1 Å². The van der Waals surface area contributed by atoms with Crippen LogP contribution in [0.3, 0.4) is 0 Å². The Balaban J connectivity index is 1.94. The summed E-state index contributed by atoms with van der Waals surface area (Å²) in [4.78, 5) is 35.0. The van der Waals surface area contributed by atoms with E-state index in [-0.39, 0.29) is 23.0 Å². The Kier molecular flexibility index (Phi) is 5.70. The quantitative estimate of drug-likeness (QED) is 0.573. The Bertz CT molecular complexity index is 949. The summed E-state index contributed by atoms with van der Waals surface area (Å²) >= 11 is 18.1. The smallest absolute Gasteiger partial charge is 0.328 e. The van der Waals surface area contributed by atoms with Crippen LogP contribution in [-0.4, -0.2) is 17.8 Å².